The number of hydrogen-bond donors (Lipinski definition) is 2. The van der Waals surface area contributed by atoms with E-state index in [4.69, 9.17) is 4.74 Å². The Balaban J connectivity index is 2.30. The fourth-order valence-corrected chi connectivity index (χ4v) is 1.21. The highest BCUT2D eigenvalue weighted by Gasteiger charge is 2.08. The number of rotatable bonds is 5. The Morgan fingerprint density at radius 1 is 1.37 bits per heavy atom. The molecule has 1 rings (SSSR count). The highest BCUT2D eigenvalue weighted by atomic mass is 19.1. The lowest BCUT2D eigenvalue weighted by Crippen LogP contribution is -2.42. The normalized spacial score (nSPS) is 10.1. The number of carbonyl (C=O) groups is 2. The van der Waals surface area contributed by atoms with E-state index < -0.39 is 17.8 Å². The number of imide groups is 1. The van der Waals surface area contributed by atoms with Gasteiger partial charge in [-0.05, 0) is 18.1 Å². The smallest absolute Gasteiger partial charge is 0.321 e. The third kappa shape index (κ3) is 6.40. The van der Waals surface area contributed by atoms with Crippen LogP contribution in [0.1, 0.15) is 13.8 Å². The van der Waals surface area contributed by atoms with Crippen LogP contribution in [0, 0.1) is 11.7 Å². The molecule has 0 heterocycles. The van der Waals surface area contributed by atoms with Crippen LogP contribution in [0.3, 0.4) is 0 Å². The van der Waals surface area contributed by atoms with Crippen molar-refractivity contribution in [2.45, 2.75) is 13.8 Å². The van der Waals surface area contributed by atoms with Crippen LogP contribution in [0.4, 0.5) is 9.18 Å². The van der Waals surface area contributed by atoms with E-state index in [1.165, 1.54) is 18.2 Å². The van der Waals surface area contributed by atoms with Crippen molar-refractivity contribution in [3.8, 4) is 5.75 Å². The SMILES string of the molecule is CC(C)CNC(=O)NC(=O)COc1cccc(F)c1. The summed E-state index contributed by atoms with van der Waals surface area (Å²) in [7, 11) is 0. The van der Waals surface area contributed by atoms with Gasteiger partial charge in [-0.3, -0.25) is 10.1 Å². The van der Waals surface area contributed by atoms with Gasteiger partial charge in [0.25, 0.3) is 5.91 Å². The number of ether oxygens (including phenoxy) is 1. The molecule has 1 aromatic carbocycles. The molecule has 0 bridgehead atoms. The van der Waals surface area contributed by atoms with Gasteiger partial charge < -0.3 is 10.1 Å². The standard InChI is InChI=1S/C13H17FN2O3/c1-9(2)7-15-13(18)16-12(17)8-19-11-5-3-4-10(14)6-11/h3-6,9H,7-8H2,1-2H3,(H2,15,16,17,18). The largest absolute Gasteiger partial charge is 0.484 e. The van der Waals surface area contributed by atoms with Gasteiger partial charge in [-0.2, -0.15) is 0 Å². The third-order valence-corrected chi connectivity index (χ3v) is 2.09. The second-order valence-corrected chi connectivity index (χ2v) is 4.40. The number of amides is 3. The Morgan fingerprint density at radius 2 is 2.11 bits per heavy atom. The predicted octanol–water partition coefficient (Wildman–Crippen LogP) is 1.69. The first-order valence-corrected chi connectivity index (χ1v) is 5.93. The summed E-state index contributed by atoms with van der Waals surface area (Å²) in [6.07, 6.45) is 0. The Bertz CT molecular complexity index is 449. The summed E-state index contributed by atoms with van der Waals surface area (Å²) in [4.78, 5) is 22.6. The minimum absolute atomic E-state index is 0.234. The molecule has 0 aromatic heterocycles. The van der Waals surface area contributed by atoms with Gasteiger partial charge in [0.2, 0.25) is 0 Å². The molecule has 6 heteroatoms. The van der Waals surface area contributed by atoms with Crippen molar-refractivity contribution in [3.63, 3.8) is 0 Å². The maximum Gasteiger partial charge on any atom is 0.321 e. The summed E-state index contributed by atoms with van der Waals surface area (Å²) in [5, 5.41) is 4.65. The average molecular weight is 268 g/mol. The first-order chi connectivity index (χ1) is 8.97. The van der Waals surface area contributed by atoms with Gasteiger partial charge in [0.05, 0.1) is 0 Å². The molecule has 104 valence electrons. The number of carbonyl (C=O) groups excluding carboxylic acids is 2. The van der Waals surface area contributed by atoms with Crippen molar-refractivity contribution in [2.24, 2.45) is 5.92 Å². The van der Waals surface area contributed by atoms with Gasteiger partial charge in [0.15, 0.2) is 6.61 Å². The van der Waals surface area contributed by atoms with E-state index in [1.807, 2.05) is 13.8 Å². The van der Waals surface area contributed by atoms with Crippen LogP contribution in [0.25, 0.3) is 0 Å². The van der Waals surface area contributed by atoms with Crippen molar-refractivity contribution < 1.29 is 18.7 Å². The molecule has 0 aliphatic rings. The van der Waals surface area contributed by atoms with Gasteiger partial charge in [-0.15, -0.1) is 0 Å². The van der Waals surface area contributed by atoms with E-state index in [-0.39, 0.29) is 12.4 Å². The Labute approximate surface area is 111 Å². The van der Waals surface area contributed by atoms with Crippen molar-refractivity contribution in [3.05, 3.63) is 30.1 Å². The number of benzene rings is 1. The molecular formula is C13H17FN2O3. The van der Waals surface area contributed by atoms with E-state index in [0.717, 1.165) is 6.07 Å². The highest BCUT2D eigenvalue weighted by Crippen LogP contribution is 2.11. The topological polar surface area (TPSA) is 67.4 Å². The molecule has 0 spiro atoms. The zero-order valence-corrected chi connectivity index (χ0v) is 10.9. The molecule has 3 amide bonds. The summed E-state index contributed by atoms with van der Waals surface area (Å²) in [6, 6.07) is 4.85. The van der Waals surface area contributed by atoms with Crippen LogP contribution < -0.4 is 15.4 Å². The van der Waals surface area contributed by atoms with Crippen molar-refractivity contribution in [1.29, 1.82) is 0 Å². The van der Waals surface area contributed by atoms with E-state index in [9.17, 15) is 14.0 Å². The number of halogens is 1. The molecule has 19 heavy (non-hydrogen) atoms. The molecule has 0 aliphatic carbocycles. The van der Waals surface area contributed by atoms with Gasteiger partial charge in [0.1, 0.15) is 11.6 Å². The predicted molar refractivity (Wildman–Crippen MR) is 68.3 cm³/mol. The quantitative estimate of drug-likeness (QED) is 0.854. The van der Waals surface area contributed by atoms with Gasteiger partial charge in [-0.1, -0.05) is 19.9 Å². The molecule has 0 saturated carbocycles. The summed E-state index contributed by atoms with van der Waals surface area (Å²) in [6.45, 7) is 4.01. The van der Waals surface area contributed by atoms with Crippen LogP contribution in [-0.2, 0) is 4.79 Å². The molecule has 0 radical (unpaired) electrons. The zero-order valence-electron chi connectivity index (χ0n) is 10.9. The minimum atomic E-state index is -0.592. The van der Waals surface area contributed by atoms with Crippen LogP contribution in [0.15, 0.2) is 24.3 Å². The Kier molecular flexibility index (Phi) is 5.78. The van der Waals surface area contributed by atoms with Crippen LogP contribution in [0.5, 0.6) is 5.75 Å². The maximum absolute atomic E-state index is 12.8. The number of urea groups is 1. The fraction of sp³-hybridized carbons (Fsp3) is 0.385. The van der Waals surface area contributed by atoms with Crippen molar-refractivity contribution >= 4 is 11.9 Å². The number of nitrogens with one attached hydrogen (secondary N) is 2. The van der Waals surface area contributed by atoms with Gasteiger partial charge in [0, 0.05) is 12.6 Å². The summed E-state index contributed by atoms with van der Waals surface area (Å²) < 4.78 is 17.9. The molecular weight excluding hydrogens is 251 g/mol. The highest BCUT2D eigenvalue weighted by molar-refractivity contribution is 5.94. The van der Waals surface area contributed by atoms with Gasteiger partial charge >= 0.3 is 6.03 Å². The van der Waals surface area contributed by atoms with Crippen molar-refractivity contribution in [2.75, 3.05) is 13.2 Å². The molecule has 0 saturated heterocycles. The second-order valence-electron chi connectivity index (χ2n) is 4.40. The lowest BCUT2D eigenvalue weighted by atomic mass is 10.2. The molecule has 0 atom stereocenters. The Morgan fingerprint density at radius 3 is 2.74 bits per heavy atom. The average Bonchev–Trinajstić information content (AvgIpc) is 2.34. The van der Waals surface area contributed by atoms with E-state index in [0.29, 0.717) is 12.5 Å². The van der Waals surface area contributed by atoms with Gasteiger partial charge in [-0.25, -0.2) is 9.18 Å². The lowest BCUT2D eigenvalue weighted by molar-refractivity contribution is -0.122. The van der Waals surface area contributed by atoms with Crippen LogP contribution >= 0.6 is 0 Å². The fourth-order valence-electron chi connectivity index (χ4n) is 1.21. The molecule has 2 N–H and O–H groups in total. The first-order valence-electron chi connectivity index (χ1n) is 5.93. The second kappa shape index (κ2) is 7.35. The molecule has 0 unspecified atom stereocenters. The van der Waals surface area contributed by atoms with E-state index >= 15 is 0 Å². The summed E-state index contributed by atoms with van der Waals surface area (Å²) >= 11 is 0. The first kappa shape index (κ1) is 14.9. The monoisotopic (exact) mass is 268 g/mol. The van der Waals surface area contributed by atoms with Crippen LogP contribution in [0.2, 0.25) is 0 Å². The molecule has 1 aromatic rings. The molecule has 5 nitrogen and oxygen atoms in total. The molecule has 0 fully saturated rings. The summed E-state index contributed by atoms with van der Waals surface area (Å²) in [5.74, 6) is -0.514. The Hall–Kier alpha value is -2.11. The minimum Gasteiger partial charge on any atom is -0.484 e. The van der Waals surface area contributed by atoms with E-state index in [1.54, 1.807) is 0 Å². The maximum atomic E-state index is 12.8. The van der Waals surface area contributed by atoms with Crippen molar-refractivity contribution in [1.82, 2.24) is 10.6 Å². The lowest BCUT2D eigenvalue weighted by Gasteiger charge is -2.09. The third-order valence-electron chi connectivity index (χ3n) is 2.09. The molecule has 0 aliphatic heterocycles. The van der Waals surface area contributed by atoms with Crippen LogP contribution in [-0.4, -0.2) is 25.1 Å². The number of hydrogen-bond acceptors (Lipinski definition) is 3. The summed E-state index contributed by atoms with van der Waals surface area (Å²) in [5.41, 5.74) is 0. The van der Waals surface area contributed by atoms with E-state index in [2.05, 4.69) is 10.6 Å². The zero-order chi connectivity index (χ0) is 14.3.